The van der Waals surface area contributed by atoms with Crippen LogP contribution in [0.2, 0.25) is 0 Å². The van der Waals surface area contributed by atoms with Crippen LogP contribution in [0.3, 0.4) is 0 Å². The molecular weight excluding hydrogens is 292 g/mol. The van der Waals surface area contributed by atoms with Crippen LogP contribution < -0.4 is 15.8 Å². The van der Waals surface area contributed by atoms with Gasteiger partial charge in [-0.1, -0.05) is 20.8 Å². The Morgan fingerprint density at radius 1 is 1.43 bits per heavy atom. The van der Waals surface area contributed by atoms with Gasteiger partial charge in [-0.05, 0) is 24.5 Å². The fraction of sp³-hybridized carbons (Fsp3) is 0.538. The van der Waals surface area contributed by atoms with Crippen molar-refractivity contribution in [1.82, 2.24) is 9.71 Å². The molecule has 0 aliphatic carbocycles. The molecule has 118 valence electrons. The summed E-state index contributed by atoms with van der Waals surface area (Å²) in [5.74, 6) is -0.972. The van der Waals surface area contributed by atoms with Crippen LogP contribution in [0.5, 0.6) is 0 Å². The highest BCUT2D eigenvalue weighted by molar-refractivity contribution is 7.89. The third-order valence-corrected chi connectivity index (χ3v) is 4.25. The van der Waals surface area contributed by atoms with Crippen molar-refractivity contribution in [2.45, 2.75) is 38.3 Å². The molecule has 0 bridgehead atoms. The number of nitrogens with two attached hydrogens (primary N) is 1. The quantitative estimate of drug-likeness (QED) is 0.653. The number of aromatic nitrogens is 1. The summed E-state index contributed by atoms with van der Waals surface area (Å²) in [5.41, 5.74) is 5.64. The van der Waals surface area contributed by atoms with Crippen LogP contribution in [0.4, 0.5) is 5.69 Å². The molecule has 1 heterocycles. The minimum atomic E-state index is -3.94. The Hall–Kier alpha value is -1.67. The third kappa shape index (κ3) is 4.68. The fourth-order valence-corrected chi connectivity index (χ4v) is 3.21. The molecule has 0 fully saturated rings. The van der Waals surface area contributed by atoms with Crippen LogP contribution in [0.1, 0.15) is 27.2 Å². The number of hydrogen-bond donors (Lipinski definition) is 3. The van der Waals surface area contributed by atoms with Gasteiger partial charge in [-0.25, -0.2) is 13.4 Å². The molecule has 8 heteroatoms. The van der Waals surface area contributed by atoms with Crippen molar-refractivity contribution in [3.8, 4) is 0 Å². The maximum absolute atomic E-state index is 12.4. The summed E-state index contributed by atoms with van der Waals surface area (Å²) in [6.45, 7) is 6.02. The summed E-state index contributed by atoms with van der Waals surface area (Å²) in [6, 6.07) is 2.30. The first-order valence-electron chi connectivity index (χ1n) is 6.80. The summed E-state index contributed by atoms with van der Waals surface area (Å²) in [4.78, 5) is 15.3. The SMILES string of the molecule is CCCNc1cccnc1S(=O)(=O)NC(C(N)=O)C(C)C. The maximum atomic E-state index is 12.4. The Kier molecular flexibility index (Phi) is 6.10. The van der Waals surface area contributed by atoms with Gasteiger partial charge in [0.25, 0.3) is 10.0 Å². The van der Waals surface area contributed by atoms with Gasteiger partial charge in [-0.15, -0.1) is 0 Å². The topological polar surface area (TPSA) is 114 Å². The Morgan fingerprint density at radius 2 is 2.10 bits per heavy atom. The first-order valence-corrected chi connectivity index (χ1v) is 8.28. The Balaban J connectivity index is 3.10. The van der Waals surface area contributed by atoms with E-state index in [1.54, 1.807) is 26.0 Å². The minimum absolute atomic E-state index is 0.134. The smallest absolute Gasteiger partial charge is 0.260 e. The summed E-state index contributed by atoms with van der Waals surface area (Å²) in [5, 5.41) is 2.87. The monoisotopic (exact) mass is 314 g/mol. The lowest BCUT2D eigenvalue weighted by atomic mass is 10.1. The molecule has 1 rings (SSSR count). The average molecular weight is 314 g/mol. The molecule has 0 aliphatic rings. The second kappa shape index (κ2) is 7.37. The van der Waals surface area contributed by atoms with Crippen molar-refractivity contribution in [3.05, 3.63) is 18.3 Å². The number of primary amides is 1. The van der Waals surface area contributed by atoms with Crippen molar-refractivity contribution in [2.75, 3.05) is 11.9 Å². The van der Waals surface area contributed by atoms with Crippen LogP contribution in [-0.4, -0.2) is 31.9 Å². The van der Waals surface area contributed by atoms with Crippen molar-refractivity contribution in [2.24, 2.45) is 11.7 Å². The van der Waals surface area contributed by atoms with E-state index in [0.717, 1.165) is 6.42 Å². The number of carbonyl (C=O) groups excluding carboxylic acids is 1. The predicted octanol–water partition coefficient (Wildman–Crippen LogP) is 0.692. The molecule has 1 aromatic rings. The lowest BCUT2D eigenvalue weighted by molar-refractivity contribution is -0.120. The van der Waals surface area contributed by atoms with Crippen molar-refractivity contribution < 1.29 is 13.2 Å². The van der Waals surface area contributed by atoms with Gasteiger partial charge in [0.2, 0.25) is 5.91 Å². The van der Waals surface area contributed by atoms with Crippen molar-refractivity contribution in [3.63, 3.8) is 0 Å². The second-order valence-electron chi connectivity index (χ2n) is 5.03. The third-order valence-electron chi connectivity index (χ3n) is 2.85. The van der Waals surface area contributed by atoms with Crippen LogP contribution in [0.15, 0.2) is 23.4 Å². The van der Waals surface area contributed by atoms with Gasteiger partial charge in [-0.3, -0.25) is 4.79 Å². The van der Waals surface area contributed by atoms with E-state index in [0.29, 0.717) is 12.2 Å². The number of carbonyl (C=O) groups is 1. The van der Waals surface area contributed by atoms with Crippen LogP contribution in [-0.2, 0) is 14.8 Å². The molecule has 0 spiro atoms. The summed E-state index contributed by atoms with van der Waals surface area (Å²) in [6.07, 6.45) is 2.23. The van der Waals surface area contributed by atoms with Gasteiger partial charge in [0.05, 0.1) is 5.69 Å². The number of pyridine rings is 1. The van der Waals surface area contributed by atoms with E-state index in [1.807, 2.05) is 6.92 Å². The van der Waals surface area contributed by atoms with Gasteiger partial charge in [0.15, 0.2) is 5.03 Å². The maximum Gasteiger partial charge on any atom is 0.260 e. The number of rotatable bonds is 8. The van der Waals surface area contributed by atoms with Gasteiger partial charge in [0, 0.05) is 12.7 Å². The van der Waals surface area contributed by atoms with E-state index >= 15 is 0 Å². The summed E-state index contributed by atoms with van der Waals surface area (Å²) >= 11 is 0. The highest BCUT2D eigenvalue weighted by Gasteiger charge is 2.29. The highest BCUT2D eigenvalue weighted by atomic mass is 32.2. The van der Waals surface area contributed by atoms with Gasteiger partial charge in [-0.2, -0.15) is 4.72 Å². The summed E-state index contributed by atoms with van der Waals surface area (Å²) < 4.78 is 27.1. The molecule has 0 saturated heterocycles. The minimum Gasteiger partial charge on any atom is -0.383 e. The second-order valence-corrected chi connectivity index (χ2v) is 6.66. The molecule has 1 aromatic heterocycles. The molecule has 21 heavy (non-hydrogen) atoms. The number of anilines is 1. The Bertz CT molecular complexity index is 587. The first-order chi connectivity index (χ1) is 9.79. The van der Waals surface area contributed by atoms with Crippen LogP contribution in [0, 0.1) is 5.92 Å². The Labute approximate surface area is 125 Å². The molecule has 1 amide bonds. The predicted molar refractivity (Wildman–Crippen MR) is 81.2 cm³/mol. The fourth-order valence-electron chi connectivity index (χ4n) is 1.74. The lowest BCUT2D eigenvalue weighted by Gasteiger charge is -2.19. The average Bonchev–Trinajstić information content (AvgIpc) is 2.42. The van der Waals surface area contributed by atoms with Gasteiger partial charge in [0.1, 0.15) is 6.04 Å². The Morgan fingerprint density at radius 3 is 2.62 bits per heavy atom. The summed E-state index contributed by atoms with van der Waals surface area (Å²) in [7, 11) is -3.94. The zero-order valence-corrected chi connectivity index (χ0v) is 13.3. The molecule has 1 unspecified atom stereocenters. The number of nitrogens with zero attached hydrogens (tertiary/aromatic N) is 1. The molecule has 0 aliphatic heterocycles. The molecule has 0 saturated carbocycles. The van der Waals surface area contributed by atoms with E-state index in [-0.39, 0.29) is 10.9 Å². The largest absolute Gasteiger partial charge is 0.383 e. The van der Waals surface area contributed by atoms with E-state index < -0.39 is 22.0 Å². The van der Waals surface area contributed by atoms with Crippen LogP contribution >= 0.6 is 0 Å². The van der Waals surface area contributed by atoms with Gasteiger partial charge < -0.3 is 11.1 Å². The molecule has 1 atom stereocenters. The first kappa shape index (κ1) is 17.4. The van der Waals surface area contributed by atoms with Crippen molar-refractivity contribution in [1.29, 1.82) is 0 Å². The highest BCUT2D eigenvalue weighted by Crippen LogP contribution is 2.19. The zero-order chi connectivity index (χ0) is 16.0. The molecule has 7 nitrogen and oxygen atoms in total. The number of sulfonamides is 1. The molecule has 0 radical (unpaired) electrons. The number of nitrogens with one attached hydrogen (secondary N) is 2. The normalized spacial score (nSPS) is 13.1. The molecule has 4 N–H and O–H groups in total. The van der Waals surface area contributed by atoms with Crippen LogP contribution in [0.25, 0.3) is 0 Å². The number of hydrogen-bond acceptors (Lipinski definition) is 5. The molecule has 0 aromatic carbocycles. The van der Waals surface area contributed by atoms with Crippen molar-refractivity contribution >= 4 is 21.6 Å². The van der Waals surface area contributed by atoms with E-state index in [1.165, 1.54) is 6.20 Å². The van der Waals surface area contributed by atoms with E-state index in [9.17, 15) is 13.2 Å². The zero-order valence-electron chi connectivity index (χ0n) is 12.5. The standard InChI is InChI=1S/C13H22N4O3S/c1-4-7-15-10-6-5-8-16-13(10)21(19,20)17-11(9(2)3)12(14)18/h5-6,8-9,11,15,17H,4,7H2,1-3H3,(H2,14,18). The van der Waals surface area contributed by atoms with E-state index in [4.69, 9.17) is 5.73 Å². The van der Waals surface area contributed by atoms with Gasteiger partial charge >= 0.3 is 0 Å². The molecular formula is C13H22N4O3S. The number of amides is 1. The lowest BCUT2D eigenvalue weighted by Crippen LogP contribution is -2.47. The van der Waals surface area contributed by atoms with E-state index in [2.05, 4.69) is 15.0 Å².